The van der Waals surface area contributed by atoms with Crippen LogP contribution in [-0.2, 0) is 6.54 Å². The van der Waals surface area contributed by atoms with Gasteiger partial charge < -0.3 is 9.47 Å². The van der Waals surface area contributed by atoms with Crippen LogP contribution in [0.3, 0.4) is 0 Å². The van der Waals surface area contributed by atoms with Crippen LogP contribution in [0.4, 0.5) is 0 Å². The van der Waals surface area contributed by atoms with Gasteiger partial charge in [0, 0.05) is 17.7 Å². The molecule has 2 aromatic carbocycles. The third kappa shape index (κ3) is 3.80. The predicted octanol–water partition coefficient (Wildman–Crippen LogP) is 3.75. The lowest BCUT2D eigenvalue weighted by molar-refractivity contribution is 0.331. The number of nitrogens with one attached hydrogen (secondary N) is 1. The lowest BCUT2D eigenvalue weighted by Crippen LogP contribution is -2.18. The SMILES string of the molecule is COc1ccc(-c2nc(-c3cccc(CN4CCCC4)c3)n[nH]2)cc1OC. The topological polar surface area (TPSA) is 63.3 Å². The van der Waals surface area contributed by atoms with E-state index >= 15 is 0 Å². The summed E-state index contributed by atoms with van der Waals surface area (Å²) in [6, 6.07) is 14.2. The molecule has 140 valence electrons. The van der Waals surface area contributed by atoms with E-state index in [2.05, 4.69) is 44.3 Å². The van der Waals surface area contributed by atoms with Crippen molar-refractivity contribution in [1.29, 1.82) is 0 Å². The summed E-state index contributed by atoms with van der Waals surface area (Å²) in [6.45, 7) is 3.36. The third-order valence-electron chi connectivity index (χ3n) is 4.93. The van der Waals surface area contributed by atoms with Gasteiger partial charge in [0.2, 0.25) is 0 Å². The molecule has 6 nitrogen and oxygen atoms in total. The largest absolute Gasteiger partial charge is 0.493 e. The molecule has 0 saturated carbocycles. The van der Waals surface area contributed by atoms with E-state index in [4.69, 9.17) is 9.47 Å². The molecule has 27 heavy (non-hydrogen) atoms. The zero-order valence-electron chi connectivity index (χ0n) is 15.7. The summed E-state index contributed by atoms with van der Waals surface area (Å²) in [5, 5.41) is 7.45. The number of methoxy groups -OCH3 is 2. The van der Waals surface area contributed by atoms with Gasteiger partial charge in [-0.1, -0.05) is 18.2 Å². The molecule has 0 unspecified atom stereocenters. The molecule has 1 saturated heterocycles. The number of nitrogens with zero attached hydrogens (tertiary/aromatic N) is 3. The average Bonchev–Trinajstić information content (AvgIpc) is 3.40. The van der Waals surface area contributed by atoms with Crippen molar-refractivity contribution in [3.8, 4) is 34.3 Å². The van der Waals surface area contributed by atoms with Gasteiger partial charge in [0.25, 0.3) is 0 Å². The maximum absolute atomic E-state index is 5.38. The highest BCUT2D eigenvalue weighted by Gasteiger charge is 2.14. The van der Waals surface area contributed by atoms with Crippen LogP contribution in [0.15, 0.2) is 42.5 Å². The lowest BCUT2D eigenvalue weighted by atomic mass is 10.1. The van der Waals surface area contributed by atoms with Crippen LogP contribution in [0.1, 0.15) is 18.4 Å². The highest BCUT2D eigenvalue weighted by atomic mass is 16.5. The van der Waals surface area contributed by atoms with Crippen molar-refractivity contribution in [3.63, 3.8) is 0 Å². The molecule has 0 amide bonds. The first-order valence-corrected chi connectivity index (χ1v) is 9.23. The monoisotopic (exact) mass is 364 g/mol. The fourth-order valence-corrected chi connectivity index (χ4v) is 3.51. The number of rotatable bonds is 6. The Morgan fingerprint density at radius 2 is 1.78 bits per heavy atom. The number of likely N-dealkylation sites (tertiary alicyclic amines) is 1. The van der Waals surface area contributed by atoms with E-state index < -0.39 is 0 Å². The van der Waals surface area contributed by atoms with Gasteiger partial charge in [0.1, 0.15) is 0 Å². The molecule has 6 heteroatoms. The highest BCUT2D eigenvalue weighted by Crippen LogP contribution is 2.31. The molecule has 1 aromatic heterocycles. The van der Waals surface area contributed by atoms with Crippen LogP contribution in [0, 0.1) is 0 Å². The molecule has 0 radical (unpaired) electrons. The number of hydrogen-bond donors (Lipinski definition) is 1. The van der Waals surface area contributed by atoms with Gasteiger partial charge in [-0.2, -0.15) is 5.10 Å². The van der Waals surface area contributed by atoms with Gasteiger partial charge in [-0.15, -0.1) is 0 Å². The number of aromatic amines is 1. The summed E-state index contributed by atoms with van der Waals surface area (Å²) in [5.41, 5.74) is 3.22. The second kappa shape index (κ2) is 7.80. The molecule has 4 rings (SSSR count). The second-order valence-corrected chi connectivity index (χ2v) is 6.76. The Hall–Kier alpha value is -2.86. The molecule has 0 spiro atoms. The fraction of sp³-hybridized carbons (Fsp3) is 0.333. The second-order valence-electron chi connectivity index (χ2n) is 6.76. The Kier molecular flexibility index (Phi) is 5.07. The minimum atomic E-state index is 0.667. The lowest BCUT2D eigenvalue weighted by Gasteiger charge is -2.14. The Morgan fingerprint density at radius 1 is 0.963 bits per heavy atom. The van der Waals surface area contributed by atoms with Gasteiger partial charge in [0.15, 0.2) is 23.1 Å². The van der Waals surface area contributed by atoms with E-state index in [0.717, 1.165) is 17.7 Å². The normalized spacial score (nSPS) is 14.4. The minimum absolute atomic E-state index is 0.667. The first kappa shape index (κ1) is 17.5. The summed E-state index contributed by atoms with van der Waals surface area (Å²) >= 11 is 0. The molecule has 2 heterocycles. The van der Waals surface area contributed by atoms with Crippen LogP contribution in [-0.4, -0.2) is 47.4 Å². The summed E-state index contributed by atoms with van der Waals surface area (Å²) < 4.78 is 10.7. The van der Waals surface area contributed by atoms with Crippen LogP contribution in [0.25, 0.3) is 22.8 Å². The smallest absolute Gasteiger partial charge is 0.181 e. The van der Waals surface area contributed by atoms with E-state index in [9.17, 15) is 0 Å². The molecule has 1 N–H and O–H groups in total. The summed E-state index contributed by atoms with van der Waals surface area (Å²) in [5.74, 6) is 2.76. The van der Waals surface area contributed by atoms with Gasteiger partial charge in [0.05, 0.1) is 14.2 Å². The molecular weight excluding hydrogens is 340 g/mol. The van der Waals surface area contributed by atoms with Crippen LogP contribution in [0.2, 0.25) is 0 Å². The van der Waals surface area contributed by atoms with Gasteiger partial charge >= 0.3 is 0 Å². The highest BCUT2D eigenvalue weighted by molar-refractivity contribution is 5.64. The van der Waals surface area contributed by atoms with Crippen molar-refractivity contribution in [1.82, 2.24) is 20.1 Å². The van der Waals surface area contributed by atoms with Gasteiger partial charge in [-0.25, -0.2) is 4.98 Å². The van der Waals surface area contributed by atoms with Crippen molar-refractivity contribution < 1.29 is 9.47 Å². The summed E-state index contributed by atoms with van der Waals surface area (Å²) in [4.78, 5) is 7.17. The molecule has 3 aromatic rings. The molecule has 0 aliphatic carbocycles. The molecule has 1 aliphatic heterocycles. The molecule has 0 bridgehead atoms. The average molecular weight is 364 g/mol. The first-order valence-electron chi connectivity index (χ1n) is 9.23. The van der Waals surface area contributed by atoms with E-state index in [1.54, 1.807) is 14.2 Å². The van der Waals surface area contributed by atoms with Crippen LogP contribution < -0.4 is 9.47 Å². The van der Waals surface area contributed by atoms with Gasteiger partial charge in [-0.3, -0.25) is 10.00 Å². The Morgan fingerprint density at radius 3 is 2.56 bits per heavy atom. The number of ether oxygens (including phenoxy) is 2. The zero-order valence-corrected chi connectivity index (χ0v) is 15.7. The predicted molar refractivity (Wildman–Crippen MR) is 105 cm³/mol. The number of aromatic nitrogens is 3. The van der Waals surface area contributed by atoms with E-state index in [1.165, 1.54) is 31.5 Å². The van der Waals surface area contributed by atoms with Crippen LogP contribution in [0.5, 0.6) is 11.5 Å². The molecule has 0 atom stereocenters. The number of benzene rings is 2. The maximum Gasteiger partial charge on any atom is 0.181 e. The molecule has 1 aliphatic rings. The number of H-pyrrole nitrogens is 1. The summed E-state index contributed by atoms with van der Waals surface area (Å²) in [6.07, 6.45) is 2.60. The Labute approximate surface area is 159 Å². The molecule has 1 fully saturated rings. The van der Waals surface area contributed by atoms with Crippen LogP contribution >= 0.6 is 0 Å². The van der Waals surface area contributed by atoms with Crippen molar-refractivity contribution in [2.75, 3.05) is 27.3 Å². The van der Waals surface area contributed by atoms with Crippen molar-refractivity contribution in [3.05, 3.63) is 48.0 Å². The minimum Gasteiger partial charge on any atom is -0.493 e. The zero-order chi connectivity index (χ0) is 18.6. The standard InChI is InChI=1S/C21H24N4O2/c1-26-18-9-8-17(13-19(18)27-2)21-22-20(23-24-21)16-7-5-6-15(12-16)14-25-10-3-4-11-25/h5-9,12-13H,3-4,10-11,14H2,1-2H3,(H,22,23,24). The van der Waals surface area contributed by atoms with Crippen molar-refractivity contribution in [2.24, 2.45) is 0 Å². The Balaban J connectivity index is 1.57. The Bertz CT molecular complexity index is 916. The molecular formula is C21H24N4O2. The van der Waals surface area contributed by atoms with Gasteiger partial charge in [-0.05, 0) is 55.8 Å². The fourth-order valence-electron chi connectivity index (χ4n) is 3.51. The van der Waals surface area contributed by atoms with E-state index in [0.29, 0.717) is 23.1 Å². The first-order chi connectivity index (χ1) is 13.3. The maximum atomic E-state index is 5.38. The van der Waals surface area contributed by atoms with Crippen molar-refractivity contribution in [2.45, 2.75) is 19.4 Å². The summed E-state index contributed by atoms with van der Waals surface area (Å²) in [7, 11) is 3.25. The van der Waals surface area contributed by atoms with E-state index in [1.807, 2.05) is 18.2 Å². The van der Waals surface area contributed by atoms with Crippen molar-refractivity contribution >= 4 is 0 Å². The quantitative estimate of drug-likeness (QED) is 0.722. The van der Waals surface area contributed by atoms with E-state index in [-0.39, 0.29) is 0 Å². The number of hydrogen-bond acceptors (Lipinski definition) is 5. The third-order valence-corrected chi connectivity index (χ3v) is 4.93.